The molecule has 1 aliphatic heterocycles. The number of nitrogens with zero attached hydrogens (tertiary/aromatic N) is 2. The number of allylic oxidation sites excluding steroid dienone is 2. The van der Waals surface area contributed by atoms with Gasteiger partial charge in [-0.2, -0.15) is 0 Å². The van der Waals surface area contributed by atoms with Crippen molar-refractivity contribution >= 4 is 12.0 Å². The summed E-state index contributed by atoms with van der Waals surface area (Å²) in [6, 6.07) is 7.68. The summed E-state index contributed by atoms with van der Waals surface area (Å²) in [7, 11) is 1.61. The normalized spacial score (nSPS) is 20.8. The van der Waals surface area contributed by atoms with E-state index in [1.54, 1.807) is 12.0 Å². The summed E-state index contributed by atoms with van der Waals surface area (Å²) in [5.74, 6) is 1.10. The van der Waals surface area contributed by atoms with Gasteiger partial charge in [0.1, 0.15) is 5.75 Å². The number of amides is 2. The van der Waals surface area contributed by atoms with Crippen LogP contribution in [0, 0.1) is 6.92 Å². The standard InChI is InChI=1S/C31H41N3O5/c1-20-18-21-10-7-6-8-11-24-25(28(35)32-19-26(21)29(33-20)38-5)12-9-13-27(24)39-23-16-14-22(15-17-23)34(30(36)37)31(2,3)4/h6,8-9,12-13,18,22-23H,7,10-11,14-17,19H2,1-5H3,(H,32,35)(H,36,37)/b8-6-/t22-,23-. The number of aryl methyl sites for hydroxylation is 2. The zero-order chi connectivity index (χ0) is 28.2. The lowest BCUT2D eigenvalue weighted by atomic mass is 9.89. The average Bonchev–Trinajstić information content (AvgIpc) is 2.87. The summed E-state index contributed by atoms with van der Waals surface area (Å²) in [5, 5.41) is 12.9. The fraction of sp³-hybridized carbons (Fsp3) is 0.516. The number of pyridine rings is 1. The van der Waals surface area contributed by atoms with Gasteiger partial charge >= 0.3 is 6.09 Å². The van der Waals surface area contributed by atoms with Crippen LogP contribution in [-0.2, 0) is 19.4 Å². The minimum Gasteiger partial charge on any atom is -0.490 e. The molecule has 0 bridgehead atoms. The highest BCUT2D eigenvalue weighted by Crippen LogP contribution is 2.33. The van der Waals surface area contributed by atoms with E-state index in [4.69, 9.17) is 9.47 Å². The number of nitrogens with one attached hydrogen (secondary N) is 1. The molecule has 4 rings (SSSR count). The number of aromatic nitrogens is 1. The van der Waals surface area contributed by atoms with Gasteiger partial charge in [0.2, 0.25) is 5.88 Å². The number of hydrogen-bond donors (Lipinski definition) is 2. The molecule has 2 amide bonds. The Kier molecular flexibility index (Phi) is 8.83. The van der Waals surface area contributed by atoms with Gasteiger partial charge in [-0.25, -0.2) is 9.78 Å². The fourth-order valence-electron chi connectivity index (χ4n) is 5.83. The van der Waals surface area contributed by atoms with Crippen LogP contribution in [0.3, 0.4) is 0 Å². The largest absolute Gasteiger partial charge is 0.490 e. The summed E-state index contributed by atoms with van der Waals surface area (Å²) in [5.41, 5.74) is 3.94. The SMILES string of the molecule is COc1nc(C)cc2c1CNC(=O)c1cccc(O[C@H]3CC[C@H](N(C(=O)O)C(C)(C)C)CC3)c1C/C=C\CC2. The van der Waals surface area contributed by atoms with Gasteiger partial charge < -0.3 is 24.8 Å². The number of fused-ring (bicyclic) bond motifs is 2. The van der Waals surface area contributed by atoms with Gasteiger partial charge in [0.25, 0.3) is 5.91 Å². The summed E-state index contributed by atoms with van der Waals surface area (Å²) < 4.78 is 12.0. The van der Waals surface area contributed by atoms with Gasteiger partial charge in [0, 0.05) is 40.5 Å². The monoisotopic (exact) mass is 535 g/mol. The van der Waals surface area contributed by atoms with E-state index >= 15 is 0 Å². The molecule has 0 atom stereocenters. The van der Waals surface area contributed by atoms with Gasteiger partial charge in [-0.3, -0.25) is 4.79 Å². The predicted molar refractivity (Wildman–Crippen MR) is 151 cm³/mol. The average molecular weight is 536 g/mol. The van der Waals surface area contributed by atoms with Crippen molar-refractivity contribution in [2.75, 3.05) is 7.11 Å². The van der Waals surface area contributed by atoms with Crippen LogP contribution in [0.2, 0.25) is 0 Å². The first-order chi connectivity index (χ1) is 18.6. The number of carbonyl (C=O) groups is 2. The van der Waals surface area contributed by atoms with E-state index in [0.717, 1.165) is 60.9 Å². The Labute approximate surface area is 231 Å². The number of ether oxygens (including phenoxy) is 2. The topological polar surface area (TPSA) is 101 Å². The third-order valence-corrected chi connectivity index (χ3v) is 7.60. The van der Waals surface area contributed by atoms with Crippen molar-refractivity contribution in [2.45, 2.75) is 96.9 Å². The highest BCUT2D eigenvalue weighted by Gasteiger charge is 2.36. The van der Waals surface area contributed by atoms with Gasteiger partial charge in [-0.05, 0) is 96.4 Å². The highest BCUT2D eigenvalue weighted by molar-refractivity contribution is 5.96. The molecule has 1 fully saturated rings. The molecule has 2 aliphatic rings. The van der Waals surface area contributed by atoms with Crippen molar-refractivity contribution < 1.29 is 24.2 Å². The maximum absolute atomic E-state index is 13.4. The van der Waals surface area contributed by atoms with Crippen LogP contribution in [0.25, 0.3) is 0 Å². The summed E-state index contributed by atoms with van der Waals surface area (Å²) in [4.78, 5) is 31.4. The molecule has 2 aromatic rings. The van der Waals surface area contributed by atoms with E-state index in [1.807, 2.05) is 45.9 Å². The molecule has 0 saturated heterocycles. The summed E-state index contributed by atoms with van der Waals surface area (Å²) >= 11 is 0. The molecule has 0 radical (unpaired) electrons. The predicted octanol–water partition coefficient (Wildman–Crippen LogP) is 5.84. The molecule has 2 N–H and O–H groups in total. The lowest BCUT2D eigenvalue weighted by Gasteiger charge is -2.42. The number of hydrogen-bond acceptors (Lipinski definition) is 5. The first kappa shape index (κ1) is 28.5. The van der Waals surface area contributed by atoms with E-state index < -0.39 is 11.6 Å². The molecule has 39 heavy (non-hydrogen) atoms. The zero-order valence-electron chi connectivity index (χ0n) is 23.8. The molecule has 1 aromatic carbocycles. The molecule has 2 heterocycles. The Morgan fingerprint density at radius 3 is 2.54 bits per heavy atom. The molecular weight excluding hydrogens is 494 g/mol. The Morgan fingerprint density at radius 1 is 1.13 bits per heavy atom. The fourth-order valence-corrected chi connectivity index (χ4v) is 5.83. The molecule has 1 aliphatic carbocycles. The zero-order valence-corrected chi connectivity index (χ0v) is 23.8. The van der Waals surface area contributed by atoms with Crippen LogP contribution < -0.4 is 14.8 Å². The second-order valence-corrected chi connectivity index (χ2v) is 11.5. The minimum atomic E-state index is -0.876. The lowest BCUT2D eigenvalue weighted by molar-refractivity contribution is 0.0366. The van der Waals surface area contributed by atoms with Gasteiger partial charge in [-0.15, -0.1) is 0 Å². The van der Waals surface area contributed by atoms with Crippen LogP contribution in [0.15, 0.2) is 36.4 Å². The van der Waals surface area contributed by atoms with Gasteiger partial charge in [0.05, 0.1) is 13.2 Å². The van der Waals surface area contributed by atoms with Gasteiger partial charge in [0.15, 0.2) is 0 Å². The van der Waals surface area contributed by atoms with E-state index in [0.29, 0.717) is 30.2 Å². The second kappa shape index (κ2) is 12.1. The maximum atomic E-state index is 13.4. The first-order valence-corrected chi connectivity index (χ1v) is 13.9. The molecule has 1 saturated carbocycles. The van der Waals surface area contributed by atoms with Crippen LogP contribution >= 0.6 is 0 Å². The number of carboxylic acid groups (broad SMARTS) is 1. The first-order valence-electron chi connectivity index (χ1n) is 13.9. The number of carbonyl (C=O) groups excluding carboxylic acids is 1. The Hall–Kier alpha value is -3.55. The Morgan fingerprint density at radius 2 is 1.87 bits per heavy atom. The molecule has 0 spiro atoms. The maximum Gasteiger partial charge on any atom is 0.407 e. The van der Waals surface area contributed by atoms with E-state index in [-0.39, 0.29) is 18.1 Å². The summed E-state index contributed by atoms with van der Waals surface area (Å²) in [6.07, 6.45) is 8.68. The Balaban J connectivity index is 1.53. The highest BCUT2D eigenvalue weighted by atomic mass is 16.5. The lowest BCUT2D eigenvalue weighted by Crippen LogP contribution is -2.52. The molecule has 210 valence electrons. The van der Waals surface area contributed by atoms with Crippen LogP contribution in [0.4, 0.5) is 4.79 Å². The van der Waals surface area contributed by atoms with E-state index in [1.165, 1.54) is 0 Å². The van der Waals surface area contributed by atoms with Crippen LogP contribution in [0.5, 0.6) is 11.6 Å². The van der Waals surface area contributed by atoms with E-state index in [9.17, 15) is 14.7 Å². The molecule has 8 nitrogen and oxygen atoms in total. The number of rotatable bonds is 4. The van der Waals surface area contributed by atoms with E-state index in [2.05, 4.69) is 28.5 Å². The van der Waals surface area contributed by atoms with Crippen molar-refractivity contribution in [2.24, 2.45) is 0 Å². The third kappa shape index (κ3) is 6.72. The molecule has 8 heteroatoms. The summed E-state index contributed by atoms with van der Waals surface area (Å²) in [6.45, 7) is 8.09. The quantitative estimate of drug-likeness (QED) is 0.477. The second-order valence-electron chi connectivity index (χ2n) is 11.5. The van der Waals surface area contributed by atoms with Crippen molar-refractivity contribution in [3.8, 4) is 11.6 Å². The van der Waals surface area contributed by atoms with Gasteiger partial charge in [-0.1, -0.05) is 18.2 Å². The molecular formula is C31H41N3O5. The van der Waals surface area contributed by atoms with Crippen molar-refractivity contribution in [3.05, 3.63) is 64.4 Å². The Bertz CT molecular complexity index is 1230. The smallest absolute Gasteiger partial charge is 0.407 e. The third-order valence-electron chi connectivity index (χ3n) is 7.60. The molecule has 1 aromatic heterocycles. The van der Waals surface area contributed by atoms with Crippen molar-refractivity contribution in [1.29, 1.82) is 0 Å². The number of benzene rings is 1. The van der Waals surface area contributed by atoms with Crippen molar-refractivity contribution in [1.82, 2.24) is 15.2 Å². The van der Waals surface area contributed by atoms with Crippen LogP contribution in [0.1, 0.15) is 85.6 Å². The number of methoxy groups -OCH3 is 1. The minimum absolute atomic E-state index is 0.0226. The molecule has 0 unspecified atom stereocenters. The van der Waals surface area contributed by atoms with Crippen molar-refractivity contribution in [3.63, 3.8) is 0 Å². The van der Waals surface area contributed by atoms with Crippen LogP contribution in [-0.4, -0.2) is 51.8 Å².